The Kier molecular flexibility index (Phi) is 4.29. The Balaban J connectivity index is 1.35. The minimum absolute atomic E-state index is 0.0864. The molecule has 3 spiro atoms. The Morgan fingerprint density at radius 3 is 2.45 bits per heavy atom. The first-order valence-corrected chi connectivity index (χ1v) is 14.2. The highest BCUT2D eigenvalue weighted by Crippen LogP contribution is 2.72. The number of allylic oxidation sites excluding steroid dienone is 1. The Morgan fingerprint density at radius 2 is 1.73 bits per heavy atom. The number of Topliss-reactive ketones (excluding diaryl/α,β-unsaturated/α-hetero) is 2. The fourth-order valence-electron chi connectivity index (χ4n) is 10.3. The first-order chi connectivity index (χ1) is 18.5. The van der Waals surface area contributed by atoms with Gasteiger partial charge in [0.25, 0.3) is 0 Å². The SMILES string of the molecule is C[C@H]1C(=O)O[C@@H]2[C@H]1O[C@@]13O[C@]4(CC[C@@]5(C)C(=O)[C@@](C)(O)[C@]2(O)[C@@H]15)C[C@@]12OC(=O)C[C@@H]1OC(C)(C)[C@H]2CC=C4C3=O. The van der Waals surface area contributed by atoms with E-state index in [0.717, 1.165) is 0 Å². The van der Waals surface area contributed by atoms with Gasteiger partial charge in [-0.3, -0.25) is 19.2 Å². The quantitative estimate of drug-likeness (QED) is 0.403. The lowest BCUT2D eigenvalue weighted by Crippen LogP contribution is -2.74. The summed E-state index contributed by atoms with van der Waals surface area (Å²) in [6.45, 7) is 8.31. The predicted octanol–water partition coefficient (Wildman–Crippen LogP) is 0.662. The zero-order valence-electron chi connectivity index (χ0n) is 23.1. The highest BCUT2D eigenvalue weighted by molar-refractivity contribution is 6.08. The van der Waals surface area contributed by atoms with Gasteiger partial charge in [-0.2, -0.15) is 0 Å². The summed E-state index contributed by atoms with van der Waals surface area (Å²) in [5, 5.41) is 24.1. The van der Waals surface area contributed by atoms with Gasteiger partial charge in [-0.1, -0.05) is 13.0 Å². The zero-order valence-corrected chi connectivity index (χ0v) is 23.1. The summed E-state index contributed by atoms with van der Waals surface area (Å²) in [4.78, 5) is 54.2. The molecule has 0 aromatic rings. The maximum atomic E-state index is 14.7. The highest BCUT2D eigenvalue weighted by atomic mass is 16.7. The maximum absolute atomic E-state index is 14.7. The van der Waals surface area contributed by atoms with Gasteiger partial charge in [-0.05, 0) is 47.0 Å². The number of ketones is 2. The molecule has 0 aromatic heterocycles. The molecule has 216 valence electrons. The van der Waals surface area contributed by atoms with Crippen LogP contribution in [0.25, 0.3) is 0 Å². The average molecular weight is 559 g/mol. The van der Waals surface area contributed by atoms with Crippen molar-refractivity contribution < 1.29 is 53.1 Å². The van der Waals surface area contributed by atoms with Crippen LogP contribution in [0.4, 0.5) is 0 Å². The second kappa shape index (κ2) is 6.72. The van der Waals surface area contributed by atoms with Gasteiger partial charge in [-0.25, -0.2) is 0 Å². The summed E-state index contributed by atoms with van der Waals surface area (Å²) in [6.07, 6.45) is -0.306. The van der Waals surface area contributed by atoms with Crippen LogP contribution in [0.5, 0.6) is 0 Å². The van der Waals surface area contributed by atoms with Crippen molar-refractivity contribution in [3.63, 3.8) is 0 Å². The zero-order chi connectivity index (χ0) is 28.6. The summed E-state index contributed by atoms with van der Waals surface area (Å²) in [5.74, 6) is -6.88. The van der Waals surface area contributed by atoms with Crippen LogP contribution in [-0.4, -0.2) is 85.8 Å². The lowest BCUT2D eigenvalue weighted by Gasteiger charge is -2.54. The van der Waals surface area contributed by atoms with Crippen LogP contribution in [0.3, 0.4) is 0 Å². The van der Waals surface area contributed by atoms with E-state index in [1.807, 2.05) is 19.9 Å². The van der Waals surface area contributed by atoms with Crippen molar-refractivity contribution in [2.45, 2.75) is 119 Å². The summed E-state index contributed by atoms with van der Waals surface area (Å²) < 4.78 is 31.4. The third-order valence-electron chi connectivity index (χ3n) is 12.0. The second-order valence-corrected chi connectivity index (χ2v) is 14.3. The van der Waals surface area contributed by atoms with Crippen LogP contribution in [0.1, 0.15) is 66.7 Å². The van der Waals surface area contributed by atoms with Gasteiger partial charge < -0.3 is 33.9 Å². The van der Waals surface area contributed by atoms with Crippen LogP contribution < -0.4 is 0 Å². The van der Waals surface area contributed by atoms with Crippen LogP contribution >= 0.6 is 0 Å². The number of carbonyl (C=O) groups excluding carboxylic acids is 4. The molecular weight excluding hydrogens is 524 g/mol. The maximum Gasteiger partial charge on any atom is 0.311 e. The van der Waals surface area contributed by atoms with Gasteiger partial charge >= 0.3 is 11.9 Å². The topological polar surface area (TPSA) is 155 Å². The number of fused-ring (bicyclic) bond motifs is 2. The number of hydrogen-bond donors (Lipinski definition) is 2. The third-order valence-corrected chi connectivity index (χ3v) is 12.0. The van der Waals surface area contributed by atoms with Gasteiger partial charge in [0.15, 0.2) is 17.5 Å². The fraction of sp³-hybridized carbons (Fsp3) is 0.793. The molecule has 7 fully saturated rings. The van der Waals surface area contributed by atoms with E-state index in [-0.39, 0.29) is 37.6 Å². The molecule has 6 heterocycles. The third kappa shape index (κ3) is 2.35. The molecular formula is C29H34O11. The Hall–Kier alpha value is -2.18. The van der Waals surface area contributed by atoms with Crippen molar-refractivity contribution in [3.05, 3.63) is 11.6 Å². The summed E-state index contributed by atoms with van der Waals surface area (Å²) in [7, 11) is 0. The molecule has 1 saturated carbocycles. The minimum Gasteiger partial charge on any atom is -0.456 e. The largest absolute Gasteiger partial charge is 0.456 e. The van der Waals surface area contributed by atoms with Crippen LogP contribution in [0.15, 0.2) is 11.6 Å². The summed E-state index contributed by atoms with van der Waals surface area (Å²) in [6, 6.07) is 0. The number of hydrogen-bond acceptors (Lipinski definition) is 11. The van der Waals surface area contributed by atoms with Crippen molar-refractivity contribution >= 4 is 23.5 Å². The molecule has 2 N–H and O–H groups in total. The Morgan fingerprint density at radius 1 is 1.00 bits per heavy atom. The van der Waals surface area contributed by atoms with Crippen molar-refractivity contribution in [3.8, 4) is 0 Å². The van der Waals surface area contributed by atoms with Gasteiger partial charge in [-0.15, -0.1) is 0 Å². The molecule has 12 atom stereocenters. The standard InChI is InChI=1S/C29H34O11/c1-12-17-19(36-20(12)32)28(35)21-24(4,22(33)25(28,5)34)8-9-26-11-27-14(23(2,3)37-15(27)10-16(30)38-27)7-6-13(26)18(31)29(21,39-17)40-26/h6,12,14-15,17,19,21,34-35H,7-11H2,1-5H3/t12-,14-,15+,17+,19-,21+,24-,25-,26-,27+,28-,29+/m1/s1. The molecule has 0 radical (unpaired) electrons. The van der Waals surface area contributed by atoms with Gasteiger partial charge in [0.2, 0.25) is 11.6 Å². The van der Waals surface area contributed by atoms with Crippen LogP contribution in [0.2, 0.25) is 0 Å². The van der Waals surface area contributed by atoms with E-state index in [1.165, 1.54) is 6.92 Å². The van der Waals surface area contributed by atoms with E-state index in [4.69, 9.17) is 23.7 Å². The van der Waals surface area contributed by atoms with Crippen molar-refractivity contribution in [2.24, 2.45) is 23.2 Å². The smallest absolute Gasteiger partial charge is 0.311 e. The van der Waals surface area contributed by atoms with Gasteiger partial charge in [0.05, 0.1) is 23.9 Å². The predicted molar refractivity (Wildman–Crippen MR) is 130 cm³/mol. The number of aliphatic hydroxyl groups is 2. The Labute approximate surface area is 230 Å². The van der Waals surface area contributed by atoms with E-state index in [2.05, 4.69) is 0 Å². The molecule has 0 unspecified atom stereocenters. The van der Waals surface area contributed by atoms with Crippen molar-refractivity contribution in [2.75, 3.05) is 0 Å². The van der Waals surface area contributed by atoms with Gasteiger partial charge in [0.1, 0.15) is 29.0 Å². The second-order valence-electron chi connectivity index (χ2n) is 14.3. The van der Waals surface area contributed by atoms with E-state index >= 15 is 0 Å². The van der Waals surface area contributed by atoms with Crippen LogP contribution in [-0.2, 0) is 42.9 Å². The van der Waals surface area contributed by atoms with E-state index in [9.17, 15) is 29.4 Å². The first-order valence-electron chi connectivity index (χ1n) is 14.2. The number of carbonyl (C=O) groups is 4. The lowest BCUT2D eigenvalue weighted by molar-refractivity contribution is -0.369. The molecule has 2 aliphatic carbocycles. The lowest BCUT2D eigenvalue weighted by atomic mass is 9.60. The molecule has 8 rings (SSSR count). The summed E-state index contributed by atoms with van der Waals surface area (Å²) in [5.41, 5.74) is -8.79. The van der Waals surface area contributed by atoms with Crippen LogP contribution in [0, 0.1) is 23.2 Å². The fourth-order valence-corrected chi connectivity index (χ4v) is 10.3. The minimum atomic E-state index is -2.35. The number of ether oxygens (including phenoxy) is 5. The molecule has 11 heteroatoms. The number of rotatable bonds is 0. The first kappa shape index (κ1) is 25.5. The molecule has 6 saturated heterocycles. The molecule has 6 aliphatic heterocycles. The normalized spacial score (nSPS) is 58.6. The van der Waals surface area contributed by atoms with E-state index < -0.39 is 86.9 Å². The van der Waals surface area contributed by atoms with Crippen molar-refractivity contribution in [1.82, 2.24) is 0 Å². The highest BCUT2D eigenvalue weighted by Gasteiger charge is 2.89. The van der Waals surface area contributed by atoms with E-state index in [1.54, 1.807) is 13.8 Å². The molecule has 0 amide bonds. The summed E-state index contributed by atoms with van der Waals surface area (Å²) >= 11 is 0. The Bertz CT molecular complexity index is 1370. The monoisotopic (exact) mass is 558 g/mol. The average Bonchev–Trinajstić information content (AvgIpc) is 3.41. The van der Waals surface area contributed by atoms with Crippen molar-refractivity contribution in [1.29, 1.82) is 0 Å². The molecule has 0 aromatic carbocycles. The molecule has 8 aliphatic rings. The molecule has 11 nitrogen and oxygen atoms in total. The number of esters is 2. The van der Waals surface area contributed by atoms with Gasteiger partial charge in [0, 0.05) is 23.3 Å². The van der Waals surface area contributed by atoms with E-state index in [0.29, 0.717) is 12.0 Å². The molecule has 40 heavy (non-hydrogen) atoms. The molecule has 2 bridgehead atoms.